The minimum absolute atomic E-state index is 0.112. The van der Waals surface area contributed by atoms with Crippen molar-refractivity contribution in [2.45, 2.75) is 22.6 Å². The van der Waals surface area contributed by atoms with E-state index >= 15 is 0 Å². The van der Waals surface area contributed by atoms with Crippen LogP contribution in [-0.2, 0) is 26.3 Å². The molecule has 0 aliphatic rings. The van der Waals surface area contributed by atoms with Gasteiger partial charge in [0.15, 0.2) is 26.5 Å². The first kappa shape index (κ1) is 23.9. The number of sulfonamides is 1. The average Bonchev–Trinajstić information content (AvgIpc) is 3.20. The maximum atomic E-state index is 13.5. The Morgan fingerprint density at radius 1 is 1.00 bits per heavy atom. The van der Waals surface area contributed by atoms with E-state index in [0.29, 0.717) is 0 Å². The van der Waals surface area contributed by atoms with Crippen LogP contribution in [0.5, 0.6) is 5.75 Å². The van der Waals surface area contributed by atoms with Gasteiger partial charge in [0, 0.05) is 11.6 Å². The summed E-state index contributed by atoms with van der Waals surface area (Å²) in [6.45, 7) is 0. The van der Waals surface area contributed by atoms with Crippen LogP contribution in [0, 0.1) is 5.82 Å². The van der Waals surface area contributed by atoms with Crippen LogP contribution in [0.15, 0.2) is 63.8 Å². The highest BCUT2D eigenvalue weighted by atomic mass is 32.2. The molecule has 0 atom stereocenters. The Morgan fingerprint density at radius 3 is 2.25 bits per heavy atom. The zero-order valence-corrected chi connectivity index (χ0v) is 18.3. The second-order valence-electron chi connectivity index (χ2n) is 6.30. The molecule has 0 radical (unpaired) electrons. The quantitative estimate of drug-likeness (QED) is 0.460. The molecule has 32 heavy (non-hydrogen) atoms. The summed E-state index contributed by atoms with van der Waals surface area (Å²) in [7, 11) is -7.87. The van der Waals surface area contributed by atoms with Gasteiger partial charge in [0.2, 0.25) is 0 Å². The van der Waals surface area contributed by atoms with Crippen molar-refractivity contribution < 1.29 is 39.1 Å². The first-order valence-electron chi connectivity index (χ1n) is 8.65. The van der Waals surface area contributed by atoms with Crippen LogP contribution in [0.3, 0.4) is 0 Å². The highest BCUT2D eigenvalue weighted by Gasteiger charge is 2.32. The lowest BCUT2D eigenvalue weighted by atomic mass is 10.1. The van der Waals surface area contributed by atoms with E-state index in [1.165, 1.54) is 6.20 Å². The zero-order valence-electron chi connectivity index (χ0n) is 15.8. The topological polar surface area (TPSA) is 102 Å². The molecule has 1 heterocycles. The third kappa shape index (κ3) is 6.17. The molecule has 3 rings (SSSR count). The second kappa shape index (κ2) is 9.03. The number of ether oxygens (including phenoxy) is 1. The molecule has 14 heteroatoms. The molecule has 0 bridgehead atoms. The molecule has 7 nitrogen and oxygen atoms in total. The van der Waals surface area contributed by atoms with E-state index in [-0.39, 0.29) is 26.9 Å². The fourth-order valence-corrected chi connectivity index (χ4v) is 5.63. The van der Waals surface area contributed by atoms with Gasteiger partial charge in [-0.05, 0) is 48.4 Å². The van der Waals surface area contributed by atoms with Crippen molar-refractivity contribution in [3.63, 3.8) is 0 Å². The van der Waals surface area contributed by atoms with E-state index < -0.39 is 43.5 Å². The molecular weight excluding hydrogens is 496 g/mol. The standard InChI is InChI=1S/C18H14F4N2O5S3/c19-15-6-1-12(11-16(15)29-18(20,21)22)7-10-31(25,26)13-2-4-14(5-3-13)32(27,28)24-17-23-8-9-30-17/h1-6,8-9,11H,7,10H2,(H,23,24). The number of nitrogens with one attached hydrogen (secondary N) is 1. The van der Waals surface area contributed by atoms with Crippen molar-refractivity contribution in [1.82, 2.24) is 4.98 Å². The molecule has 0 saturated heterocycles. The van der Waals surface area contributed by atoms with Gasteiger partial charge in [-0.2, -0.15) is 0 Å². The number of anilines is 1. The third-order valence-corrected chi connectivity index (χ3v) is 7.93. The van der Waals surface area contributed by atoms with Crippen molar-refractivity contribution in [3.05, 3.63) is 65.4 Å². The minimum Gasteiger partial charge on any atom is -0.403 e. The van der Waals surface area contributed by atoms with Crippen LogP contribution in [0.25, 0.3) is 0 Å². The Bertz CT molecular complexity index is 1290. The van der Waals surface area contributed by atoms with Crippen molar-refractivity contribution in [2.24, 2.45) is 0 Å². The molecule has 3 aromatic rings. The molecule has 0 aliphatic heterocycles. The molecule has 0 saturated carbocycles. The number of alkyl halides is 3. The fraction of sp³-hybridized carbons (Fsp3) is 0.167. The number of aryl methyl sites for hydroxylation is 1. The van der Waals surface area contributed by atoms with Gasteiger partial charge in [-0.1, -0.05) is 6.07 Å². The lowest BCUT2D eigenvalue weighted by molar-refractivity contribution is -0.275. The van der Waals surface area contributed by atoms with Gasteiger partial charge in [0.25, 0.3) is 10.0 Å². The summed E-state index contributed by atoms with van der Waals surface area (Å²) in [4.78, 5) is 3.44. The smallest absolute Gasteiger partial charge is 0.403 e. The number of sulfone groups is 1. The molecular formula is C18H14F4N2O5S3. The normalized spacial score (nSPS) is 12.5. The summed E-state index contributed by atoms with van der Waals surface area (Å²) in [5, 5.41) is 1.72. The highest BCUT2D eigenvalue weighted by molar-refractivity contribution is 7.93. The first-order chi connectivity index (χ1) is 14.9. The van der Waals surface area contributed by atoms with Crippen LogP contribution in [0.2, 0.25) is 0 Å². The monoisotopic (exact) mass is 510 g/mol. The summed E-state index contributed by atoms with van der Waals surface area (Å²) in [5.74, 6) is -2.81. The largest absolute Gasteiger partial charge is 0.573 e. The van der Waals surface area contributed by atoms with Gasteiger partial charge in [0.05, 0.1) is 15.5 Å². The van der Waals surface area contributed by atoms with Gasteiger partial charge in [-0.15, -0.1) is 24.5 Å². The van der Waals surface area contributed by atoms with Gasteiger partial charge >= 0.3 is 6.36 Å². The Balaban J connectivity index is 1.71. The van der Waals surface area contributed by atoms with Gasteiger partial charge < -0.3 is 4.74 Å². The highest BCUT2D eigenvalue weighted by Crippen LogP contribution is 2.27. The fourth-order valence-electron chi connectivity index (χ4n) is 2.55. The van der Waals surface area contributed by atoms with E-state index in [4.69, 9.17) is 0 Å². The number of aromatic nitrogens is 1. The predicted octanol–water partition coefficient (Wildman–Crippen LogP) is 4.00. The van der Waals surface area contributed by atoms with E-state index in [0.717, 1.165) is 53.8 Å². The van der Waals surface area contributed by atoms with Gasteiger partial charge in [-0.3, -0.25) is 4.72 Å². The van der Waals surface area contributed by atoms with E-state index in [1.54, 1.807) is 5.38 Å². The first-order valence-corrected chi connectivity index (χ1v) is 12.7. The Morgan fingerprint density at radius 2 is 1.66 bits per heavy atom. The number of rotatable bonds is 8. The molecule has 1 N–H and O–H groups in total. The van der Waals surface area contributed by atoms with Crippen molar-refractivity contribution in [2.75, 3.05) is 10.5 Å². The minimum atomic E-state index is -5.10. The molecule has 2 aromatic carbocycles. The number of thiazole rings is 1. The van der Waals surface area contributed by atoms with E-state index in [2.05, 4.69) is 14.4 Å². The molecule has 0 aliphatic carbocycles. The Hall–Kier alpha value is -2.71. The number of hydrogen-bond donors (Lipinski definition) is 1. The molecule has 0 unspecified atom stereocenters. The lowest BCUT2D eigenvalue weighted by Gasteiger charge is -2.11. The van der Waals surface area contributed by atoms with Crippen molar-refractivity contribution in [1.29, 1.82) is 0 Å². The van der Waals surface area contributed by atoms with Crippen LogP contribution >= 0.6 is 11.3 Å². The van der Waals surface area contributed by atoms with Crippen LogP contribution in [0.4, 0.5) is 22.7 Å². The maximum Gasteiger partial charge on any atom is 0.573 e. The predicted molar refractivity (Wildman–Crippen MR) is 108 cm³/mol. The number of halogens is 4. The molecule has 172 valence electrons. The summed E-state index contributed by atoms with van der Waals surface area (Å²) in [6.07, 6.45) is -3.90. The molecule has 0 fully saturated rings. The zero-order chi connectivity index (χ0) is 23.6. The summed E-state index contributed by atoms with van der Waals surface area (Å²) in [6, 6.07) is 7.10. The summed E-state index contributed by atoms with van der Waals surface area (Å²) >= 11 is 1.07. The summed E-state index contributed by atoms with van der Waals surface area (Å²) < 4.78 is 106. The van der Waals surface area contributed by atoms with Gasteiger partial charge in [0.1, 0.15) is 0 Å². The van der Waals surface area contributed by atoms with Crippen LogP contribution in [0.1, 0.15) is 5.56 Å². The maximum absolute atomic E-state index is 13.5. The second-order valence-corrected chi connectivity index (χ2v) is 11.0. The SMILES string of the molecule is O=S(=O)(CCc1ccc(F)c(OC(F)(F)F)c1)c1ccc(S(=O)(=O)Nc2nccs2)cc1. The van der Waals surface area contributed by atoms with E-state index in [9.17, 15) is 34.4 Å². The Kier molecular flexibility index (Phi) is 6.76. The molecule has 0 spiro atoms. The lowest BCUT2D eigenvalue weighted by Crippen LogP contribution is -2.18. The van der Waals surface area contributed by atoms with E-state index in [1.807, 2.05) is 0 Å². The Labute approximate surface area is 184 Å². The van der Waals surface area contributed by atoms with Crippen LogP contribution < -0.4 is 9.46 Å². The molecule has 1 aromatic heterocycles. The number of nitrogens with zero attached hydrogens (tertiary/aromatic N) is 1. The number of hydrogen-bond acceptors (Lipinski definition) is 7. The van der Waals surface area contributed by atoms with Crippen LogP contribution in [-0.4, -0.2) is 33.9 Å². The summed E-state index contributed by atoms with van der Waals surface area (Å²) in [5.41, 5.74) is 0.112. The van der Waals surface area contributed by atoms with Crippen molar-refractivity contribution in [3.8, 4) is 5.75 Å². The average molecular weight is 511 g/mol. The van der Waals surface area contributed by atoms with Gasteiger partial charge in [-0.25, -0.2) is 26.2 Å². The number of benzene rings is 2. The van der Waals surface area contributed by atoms with Crippen molar-refractivity contribution >= 4 is 36.3 Å². The molecule has 0 amide bonds. The third-order valence-electron chi connectivity index (χ3n) is 4.03.